The highest BCUT2D eigenvalue weighted by Crippen LogP contribution is 2.36. The van der Waals surface area contributed by atoms with Gasteiger partial charge in [0.25, 0.3) is 0 Å². The summed E-state index contributed by atoms with van der Waals surface area (Å²) in [4.78, 5) is 34.7. The molecule has 0 fully saturated rings. The van der Waals surface area contributed by atoms with Crippen LogP contribution in [-0.4, -0.2) is 48.1 Å². The predicted molar refractivity (Wildman–Crippen MR) is 136 cm³/mol. The largest absolute Gasteiger partial charge is 0.461 e. The lowest BCUT2D eigenvalue weighted by atomic mass is 10.0. The van der Waals surface area contributed by atoms with Gasteiger partial charge in [-0.1, -0.05) is 78.9 Å². The third kappa shape index (κ3) is 8.37. The van der Waals surface area contributed by atoms with E-state index in [1.165, 1.54) is 74.5 Å². The molecule has 0 aromatic heterocycles. The first-order valence-electron chi connectivity index (χ1n) is 12.1. The summed E-state index contributed by atoms with van der Waals surface area (Å²) < 4.78 is 69.3. The van der Waals surface area contributed by atoms with E-state index in [-0.39, 0.29) is 29.9 Å². The fourth-order valence-electron chi connectivity index (χ4n) is 3.25. The van der Waals surface area contributed by atoms with Gasteiger partial charge in [0.1, 0.15) is 0 Å². The lowest BCUT2D eigenvalue weighted by Crippen LogP contribution is -2.39. The molecule has 0 bridgehead atoms. The summed E-state index contributed by atoms with van der Waals surface area (Å²) in [5.41, 5.74) is 0.0819. The zero-order valence-corrected chi connectivity index (χ0v) is 21.6. The monoisotopic (exact) mass is 564 g/mol. The second-order valence-corrected chi connectivity index (χ2v) is 8.06. The van der Waals surface area contributed by atoms with Crippen LogP contribution in [0.1, 0.15) is 47.5 Å². The molecule has 11 heteroatoms. The second-order valence-electron chi connectivity index (χ2n) is 8.06. The lowest BCUT2D eigenvalue weighted by Gasteiger charge is -2.25. The van der Waals surface area contributed by atoms with E-state index in [4.69, 9.17) is 4.74 Å². The Hall–Kier alpha value is -4.25. The molecule has 2 unspecified atom stereocenters. The minimum atomic E-state index is -4.01. The van der Waals surface area contributed by atoms with Crippen LogP contribution >= 0.6 is 0 Å². The molecule has 0 spiro atoms. The van der Waals surface area contributed by atoms with E-state index in [2.05, 4.69) is 9.47 Å². The molecule has 0 heterocycles. The van der Waals surface area contributed by atoms with Crippen molar-refractivity contribution in [2.24, 2.45) is 0 Å². The van der Waals surface area contributed by atoms with E-state index < -0.39 is 42.0 Å². The van der Waals surface area contributed by atoms with Crippen LogP contribution in [0.3, 0.4) is 0 Å². The van der Waals surface area contributed by atoms with Crippen LogP contribution in [0.15, 0.2) is 91.0 Å². The Morgan fingerprint density at radius 1 is 0.675 bits per heavy atom. The first kappa shape index (κ1) is 32.0. The van der Waals surface area contributed by atoms with E-state index in [0.717, 1.165) is 0 Å². The Labute approximate surface area is 228 Å². The van der Waals surface area contributed by atoms with E-state index in [9.17, 15) is 37.1 Å². The fourth-order valence-corrected chi connectivity index (χ4v) is 3.25. The van der Waals surface area contributed by atoms with Crippen LogP contribution in [0.5, 0.6) is 0 Å². The molecular weight excluding hydrogens is 536 g/mol. The van der Waals surface area contributed by atoms with Crippen molar-refractivity contribution in [2.75, 3.05) is 13.2 Å². The van der Waals surface area contributed by atoms with Gasteiger partial charge in [0.15, 0.2) is 6.10 Å². The number of alkyl halides is 4. The van der Waals surface area contributed by atoms with Gasteiger partial charge in [-0.05, 0) is 37.1 Å². The Morgan fingerprint density at radius 3 is 1.52 bits per heavy atom. The number of benzene rings is 3. The number of ether oxygens (including phenoxy) is 3. The molecule has 3 rings (SSSR count). The third-order valence-corrected chi connectivity index (χ3v) is 5.22. The normalized spacial score (nSPS) is 12.7. The summed E-state index contributed by atoms with van der Waals surface area (Å²) in [5.74, 6) is -12.3. The molecule has 0 amide bonds. The number of esters is 3. The van der Waals surface area contributed by atoms with Gasteiger partial charge >= 0.3 is 29.8 Å². The van der Waals surface area contributed by atoms with Gasteiger partial charge in [-0.15, -0.1) is 0 Å². The van der Waals surface area contributed by atoms with Gasteiger partial charge in [0, 0.05) is 0 Å². The second kappa shape index (κ2) is 14.8. The smallest absolute Gasteiger partial charge is 0.382 e. The average molecular weight is 565 g/mol. The third-order valence-electron chi connectivity index (χ3n) is 5.22. The molecule has 1 N–H and O–H groups in total. The number of hydrogen-bond acceptors (Lipinski definition) is 7. The van der Waals surface area contributed by atoms with Crippen molar-refractivity contribution in [3.63, 3.8) is 0 Å². The first-order valence-corrected chi connectivity index (χ1v) is 12.1. The number of carbonyl (C=O) groups excluding carboxylic acids is 3. The molecule has 3 aromatic rings. The standard InChI is InChI=1S/C18H16F2O4.C11H12F2O3/c1-2-23-17(22)18(19,20)15(13-9-5-3-6-10-13)24-16(21)14-11-7-4-8-12-14;1-2-16-10(15)11(12,13)9(14)8-6-4-3-5-7-8/h3-12,15H,2H2,1H3;3-7,9,14H,2H2,1H3. The zero-order chi connectivity index (χ0) is 29.8. The summed E-state index contributed by atoms with van der Waals surface area (Å²) in [6, 6.07) is 22.3. The van der Waals surface area contributed by atoms with Gasteiger partial charge in [0.2, 0.25) is 6.10 Å². The Bertz CT molecular complexity index is 1220. The van der Waals surface area contributed by atoms with E-state index in [1.807, 2.05) is 0 Å². The minimum absolute atomic E-state index is 0.000154. The van der Waals surface area contributed by atoms with E-state index in [1.54, 1.807) is 30.3 Å². The number of rotatable bonds is 10. The van der Waals surface area contributed by atoms with Crippen molar-refractivity contribution >= 4 is 17.9 Å². The quantitative estimate of drug-likeness (QED) is 0.192. The molecule has 0 saturated heterocycles. The number of aliphatic hydroxyl groups is 1. The van der Waals surface area contributed by atoms with Crippen molar-refractivity contribution in [1.29, 1.82) is 0 Å². The van der Waals surface area contributed by atoms with Gasteiger partial charge in [-0.25, -0.2) is 14.4 Å². The predicted octanol–water partition coefficient (Wildman–Crippen LogP) is 5.70. The Morgan fingerprint density at radius 2 is 1.07 bits per heavy atom. The van der Waals surface area contributed by atoms with Gasteiger partial charge in [0.05, 0.1) is 18.8 Å². The van der Waals surface area contributed by atoms with Gasteiger partial charge < -0.3 is 19.3 Å². The topological polar surface area (TPSA) is 99.1 Å². The van der Waals surface area contributed by atoms with E-state index in [0.29, 0.717) is 0 Å². The van der Waals surface area contributed by atoms with E-state index >= 15 is 0 Å². The lowest BCUT2D eigenvalue weighted by molar-refractivity contribution is -0.189. The maximum Gasteiger partial charge on any atom is 0.382 e. The van der Waals surface area contributed by atoms with Crippen molar-refractivity contribution in [3.05, 3.63) is 108 Å². The molecule has 40 heavy (non-hydrogen) atoms. The van der Waals surface area contributed by atoms with Crippen LogP contribution < -0.4 is 0 Å². The summed E-state index contributed by atoms with van der Waals surface area (Å²) in [7, 11) is 0. The molecule has 7 nitrogen and oxygen atoms in total. The highest BCUT2D eigenvalue weighted by Gasteiger charge is 2.52. The molecule has 214 valence electrons. The Kier molecular flexibility index (Phi) is 11.8. The van der Waals surface area contributed by atoms with Crippen molar-refractivity contribution in [2.45, 2.75) is 37.9 Å². The first-order chi connectivity index (χ1) is 19.0. The van der Waals surface area contributed by atoms with Crippen molar-refractivity contribution in [1.82, 2.24) is 0 Å². The molecule has 0 aliphatic rings. The van der Waals surface area contributed by atoms with Crippen LogP contribution in [-0.2, 0) is 23.8 Å². The number of hydrogen-bond donors (Lipinski definition) is 1. The molecule has 0 saturated carbocycles. The minimum Gasteiger partial charge on any atom is -0.461 e. The van der Waals surface area contributed by atoms with Gasteiger partial charge in [-0.3, -0.25) is 0 Å². The van der Waals surface area contributed by atoms with Crippen LogP contribution in [0.4, 0.5) is 17.6 Å². The maximum absolute atomic E-state index is 14.5. The molecule has 0 aliphatic carbocycles. The molecule has 3 aromatic carbocycles. The van der Waals surface area contributed by atoms with Crippen molar-refractivity contribution < 1.29 is 51.3 Å². The van der Waals surface area contributed by atoms with Gasteiger partial charge in [-0.2, -0.15) is 17.6 Å². The highest BCUT2D eigenvalue weighted by atomic mass is 19.3. The Balaban J connectivity index is 0.000000305. The highest BCUT2D eigenvalue weighted by molar-refractivity contribution is 5.90. The maximum atomic E-state index is 14.5. The molecule has 2 atom stereocenters. The summed E-state index contributed by atoms with van der Waals surface area (Å²) in [5, 5.41) is 9.39. The summed E-state index contributed by atoms with van der Waals surface area (Å²) in [6.07, 6.45) is -4.27. The summed E-state index contributed by atoms with van der Waals surface area (Å²) >= 11 is 0. The zero-order valence-electron chi connectivity index (χ0n) is 21.6. The number of halogens is 4. The number of aliphatic hydroxyl groups excluding tert-OH is 1. The van der Waals surface area contributed by atoms with Crippen molar-refractivity contribution in [3.8, 4) is 0 Å². The molecule has 0 aliphatic heterocycles. The summed E-state index contributed by atoms with van der Waals surface area (Å²) in [6.45, 7) is 2.48. The number of carbonyl (C=O) groups is 3. The van der Waals surface area contributed by atoms with Crippen LogP contribution in [0.2, 0.25) is 0 Å². The molecular formula is C29H28F4O7. The van der Waals surface area contributed by atoms with Crippen LogP contribution in [0, 0.1) is 0 Å². The molecule has 0 radical (unpaired) electrons. The SMILES string of the molecule is CCOC(=O)C(F)(F)C(O)c1ccccc1.CCOC(=O)C(F)(F)C(OC(=O)c1ccccc1)c1ccccc1. The van der Waals surface area contributed by atoms with Crippen LogP contribution in [0.25, 0.3) is 0 Å². The average Bonchev–Trinajstić information content (AvgIpc) is 2.97. The fraction of sp³-hybridized carbons (Fsp3) is 0.276.